The lowest BCUT2D eigenvalue weighted by Gasteiger charge is -2.14. The normalized spacial score (nSPS) is 12.1. The molecule has 4 heteroatoms. The van der Waals surface area contributed by atoms with Crippen molar-refractivity contribution >= 4 is 18.0 Å². The smallest absolute Gasteiger partial charge is 0.328 e. The Morgan fingerprint density at radius 3 is 2.60 bits per heavy atom. The molecule has 0 aliphatic heterocycles. The zero-order chi connectivity index (χ0) is 14.8. The molecule has 0 aromatic heterocycles. The van der Waals surface area contributed by atoms with E-state index in [1.807, 2.05) is 37.3 Å². The van der Waals surface area contributed by atoms with Crippen molar-refractivity contribution in [3.63, 3.8) is 0 Å². The monoisotopic (exact) mass is 275 g/mol. The van der Waals surface area contributed by atoms with Gasteiger partial charge in [0.05, 0.1) is 7.11 Å². The van der Waals surface area contributed by atoms with Gasteiger partial charge in [-0.1, -0.05) is 50.1 Å². The highest BCUT2D eigenvalue weighted by molar-refractivity contribution is 5.94. The summed E-state index contributed by atoms with van der Waals surface area (Å²) in [4.78, 5) is 23.4. The summed E-state index contributed by atoms with van der Waals surface area (Å²) in [6, 6.07) is 8.94. The third-order valence-electron chi connectivity index (χ3n) is 2.88. The Kier molecular flexibility index (Phi) is 7.11. The van der Waals surface area contributed by atoms with Gasteiger partial charge in [0.1, 0.15) is 6.04 Å². The van der Waals surface area contributed by atoms with E-state index in [4.69, 9.17) is 4.74 Å². The summed E-state index contributed by atoms with van der Waals surface area (Å²) in [5.74, 6) is -0.694. The van der Waals surface area contributed by atoms with E-state index in [1.165, 1.54) is 13.2 Å². The number of hydrogen-bond acceptors (Lipinski definition) is 3. The standard InChI is InChI=1S/C16H21NO3/c1-3-4-10-14(16(19)20-2)17-15(18)12-11-13-8-6-5-7-9-13/h5-9,11-12,14H,3-4,10H2,1-2H3,(H,17,18)/b12-11+. The number of carbonyl (C=O) groups excluding carboxylic acids is 2. The highest BCUT2D eigenvalue weighted by atomic mass is 16.5. The Bertz CT molecular complexity index is 454. The number of rotatable bonds is 7. The third-order valence-corrected chi connectivity index (χ3v) is 2.88. The predicted molar refractivity (Wildman–Crippen MR) is 78.9 cm³/mol. The molecule has 1 atom stereocenters. The fraction of sp³-hybridized carbons (Fsp3) is 0.375. The van der Waals surface area contributed by atoms with E-state index in [2.05, 4.69) is 5.32 Å². The summed E-state index contributed by atoms with van der Waals surface area (Å²) in [7, 11) is 1.33. The van der Waals surface area contributed by atoms with Gasteiger partial charge in [0.15, 0.2) is 0 Å². The number of ether oxygens (including phenoxy) is 1. The molecule has 4 nitrogen and oxygen atoms in total. The van der Waals surface area contributed by atoms with Crippen LogP contribution in [0.3, 0.4) is 0 Å². The maximum absolute atomic E-state index is 11.8. The van der Waals surface area contributed by atoms with Crippen molar-refractivity contribution in [2.75, 3.05) is 7.11 Å². The molecule has 1 aromatic rings. The summed E-state index contributed by atoms with van der Waals surface area (Å²) in [5, 5.41) is 2.67. The van der Waals surface area contributed by atoms with Crippen molar-refractivity contribution < 1.29 is 14.3 Å². The van der Waals surface area contributed by atoms with Crippen LogP contribution in [0.1, 0.15) is 31.7 Å². The Balaban J connectivity index is 2.57. The quantitative estimate of drug-likeness (QED) is 0.614. The molecule has 1 aromatic carbocycles. The number of esters is 1. The van der Waals surface area contributed by atoms with Crippen LogP contribution < -0.4 is 5.32 Å². The molecule has 0 bridgehead atoms. The number of carbonyl (C=O) groups is 2. The van der Waals surface area contributed by atoms with Crippen molar-refractivity contribution in [2.45, 2.75) is 32.2 Å². The summed E-state index contributed by atoms with van der Waals surface area (Å²) in [6.45, 7) is 2.03. The zero-order valence-electron chi connectivity index (χ0n) is 12.0. The van der Waals surface area contributed by atoms with Gasteiger partial charge in [-0.15, -0.1) is 0 Å². The Hall–Kier alpha value is -2.10. The Morgan fingerprint density at radius 2 is 2.00 bits per heavy atom. The average Bonchev–Trinajstić information content (AvgIpc) is 2.49. The van der Waals surface area contributed by atoms with Crippen LogP contribution in [-0.4, -0.2) is 25.0 Å². The van der Waals surface area contributed by atoms with Gasteiger partial charge in [0.2, 0.25) is 5.91 Å². The molecule has 1 unspecified atom stereocenters. The second-order valence-corrected chi connectivity index (χ2v) is 4.47. The predicted octanol–water partition coefficient (Wildman–Crippen LogP) is 2.55. The number of benzene rings is 1. The van der Waals surface area contributed by atoms with Gasteiger partial charge in [-0.3, -0.25) is 4.79 Å². The van der Waals surface area contributed by atoms with E-state index in [-0.39, 0.29) is 5.91 Å². The number of unbranched alkanes of at least 4 members (excludes halogenated alkanes) is 1. The Morgan fingerprint density at radius 1 is 1.30 bits per heavy atom. The minimum absolute atomic E-state index is 0.291. The molecule has 1 rings (SSSR count). The van der Waals surface area contributed by atoms with Crippen LogP contribution in [0.25, 0.3) is 6.08 Å². The minimum atomic E-state index is -0.576. The van der Waals surface area contributed by atoms with E-state index in [1.54, 1.807) is 6.08 Å². The molecule has 1 amide bonds. The van der Waals surface area contributed by atoms with Gasteiger partial charge in [0.25, 0.3) is 0 Å². The summed E-state index contributed by atoms with van der Waals surface area (Å²) < 4.78 is 4.70. The second-order valence-electron chi connectivity index (χ2n) is 4.47. The number of hydrogen-bond donors (Lipinski definition) is 1. The van der Waals surface area contributed by atoms with E-state index in [9.17, 15) is 9.59 Å². The molecular weight excluding hydrogens is 254 g/mol. The van der Waals surface area contributed by atoms with Crippen molar-refractivity contribution in [3.8, 4) is 0 Å². The molecule has 0 heterocycles. The first-order valence-electron chi connectivity index (χ1n) is 6.78. The molecule has 0 spiro atoms. The van der Waals surface area contributed by atoms with Gasteiger partial charge in [-0.25, -0.2) is 4.79 Å². The summed E-state index contributed by atoms with van der Waals surface area (Å²) >= 11 is 0. The molecule has 0 saturated heterocycles. The van der Waals surface area contributed by atoms with Gasteiger partial charge in [0, 0.05) is 6.08 Å². The Labute approximate surface area is 119 Å². The lowest BCUT2D eigenvalue weighted by molar-refractivity contribution is -0.144. The fourth-order valence-corrected chi connectivity index (χ4v) is 1.76. The maximum Gasteiger partial charge on any atom is 0.328 e. The molecule has 0 radical (unpaired) electrons. The van der Waals surface area contributed by atoms with Crippen LogP contribution in [0.4, 0.5) is 0 Å². The SMILES string of the molecule is CCCCC(NC(=O)/C=C/c1ccccc1)C(=O)OC. The topological polar surface area (TPSA) is 55.4 Å². The van der Waals surface area contributed by atoms with Crippen molar-refractivity contribution in [1.82, 2.24) is 5.32 Å². The van der Waals surface area contributed by atoms with E-state index in [0.717, 1.165) is 18.4 Å². The van der Waals surface area contributed by atoms with Crippen LogP contribution in [0.15, 0.2) is 36.4 Å². The molecule has 0 aliphatic rings. The molecule has 1 N–H and O–H groups in total. The van der Waals surface area contributed by atoms with Gasteiger partial charge < -0.3 is 10.1 Å². The minimum Gasteiger partial charge on any atom is -0.467 e. The summed E-state index contributed by atoms with van der Waals surface area (Å²) in [5.41, 5.74) is 0.936. The van der Waals surface area contributed by atoms with E-state index in [0.29, 0.717) is 6.42 Å². The first kappa shape index (κ1) is 16.0. The first-order valence-corrected chi connectivity index (χ1v) is 6.78. The molecule has 0 fully saturated rings. The van der Waals surface area contributed by atoms with E-state index < -0.39 is 12.0 Å². The average molecular weight is 275 g/mol. The first-order chi connectivity index (χ1) is 9.67. The maximum atomic E-state index is 11.8. The van der Waals surface area contributed by atoms with Crippen LogP contribution in [-0.2, 0) is 14.3 Å². The van der Waals surface area contributed by atoms with Crippen LogP contribution >= 0.6 is 0 Å². The molecule has 0 saturated carbocycles. The molecule has 0 aliphatic carbocycles. The summed E-state index contributed by atoms with van der Waals surface area (Å²) in [6.07, 6.45) is 5.56. The van der Waals surface area contributed by atoms with Crippen LogP contribution in [0, 0.1) is 0 Å². The fourth-order valence-electron chi connectivity index (χ4n) is 1.76. The molecule has 20 heavy (non-hydrogen) atoms. The molecule has 108 valence electrons. The third kappa shape index (κ3) is 5.69. The lowest BCUT2D eigenvalue weighted by atomic mass is 10.1. The largest absolute Gasteiger partial charge is 0.467 e. The number of methoxy groups -OCH3 is 1. The second kappa shape index (κ2) is 8.91. The highest BCUT2D eigenvalue weighted by Crippen LogP contribution is 2.04. The van der Waals surface area contributed by atoms with Crippen LogP contribution in [0.5, 0.6) is 0 Å². The van der Waals surface area contributed by atoms with E-state index >= 15 is 0 Å². The lowest BCUT2D eigenvalue weighted by Crippen LogP contribution is -2.40. The van der Waals surface area contributed by atoms with Gasteiger partial charge >= 0.3 is 5.97 Å². The number of nitrogens with one attached hydrogen (secondary N) is 1. The molecular formula is C16H21NO3. The van der Waals surface area contributed by atoms with Crippen molar-refractivity contribution in [1.29, 1.82) is 0 Å². The zero-order valence-corrected chi connectivity index (χ0v) is 12.0. The van der Waals surface area contributed by atoms with Crippen LogP contribution in [0.2, 0.25) is 0 Å². The van der Waals surface area contributed by atoms with Crippen molar-refractivity contribution in [3.05, 3.63) is 42.0 Å². The highest BCUT2D eigenvalue weighted by Gasteiger charge is 2.19. The number of amides is 1. The van der Waals surface area contributed by atoms with Gasteiger partial charge in [-0.2, -0.15) is 0 Å². The van der Waals surface area contributed by atoms with Gasteiger partial charge in [-0.05, 0) is 18.1 Å². The van der Waals surface area contributed by atoms with Crippen molar-refractivity contribution in [2.24, 2.45) is 0 Å².